The second-order valence-corrected chi connectivity index (χ2v) is 8.62. The Morgan fingerprint density at radius 3 is 2.88 bits per heavy atom. The van der Waals surface area contributed by atoms with Crippen molar-refractivity contribution in [3.63, 3.8) is 0 Å². The molecule has 3 heterocycles. The van der Waals surface area contributed by atoms with Gasteiger partial charge in [0.25, 0.3) is 0 Å². The van der Waals surface area contributed by atoms with Crippen LogP contribution >= 0.6 is 46.3 Å². The topological polar surface area (TPSA) is 82.5 Å². The number of hydrogen-bond acceptors (Lipinski definition) is 7. The molecule has 0 spiro atoms. The van der Waals surface area contributed by atoms with Gasteiger partial charge in [0.15, 0.2) is 26.5 Å². The summed E-state index contributed by atoms with van der Waals surface area (Å²) in [6.07, 6.45) is 3.56. The zero-order valence-electron chi connectivity index (χ0n) is 13.7. The number of halogens is 2. The first-order valence-corrected chi connectivity index (χ1v) is 10.4. The summed E-state index contributed by atoms with van der Waals surface area (Å²) < 4.78 is 3.78. The van der Waals surface area contributed by atoms with E-state index in [0.717, 1.165) is 44.7 Å². The van der Waals surface area contributed by atoms with E-state index in [0.29, 0.717) is 21.4 Å². The highest BCUT2D eigenvalue weighted by atomic mass is 35.5. The summed E-state index contributed by atoms with van der Waals surface area (Å²) in [5, 5.41) is 1.85. The largest absolute Gasteiger partial charge is 0.382 e. The Morgan fingerprint density at radius 1 is 1.23 bits per heavy atom. The number of nitrogens with zero attached hydrogens (tertiary/aromatic N) is 5. The fraction of sp³-hybridized carbons (Fsp3) is 0.250. The van der Waals surface area contributed by atoms with E-state index in [1.54, 1.807) is 6.07 Å². The summed E-state index contributed by atoms with van der Waals surface area (Å²) in [4.78, 5) is 17.7. The predicted octanol–water partition coefficient (Wildman–Crippen LogP) is 5.28. The molecule has 0 fully saturated rings. The van der Waals surface area contributed by atoms with Crippen LogP contribution in [0, 0.1) is 0 Å². The number of imidazole rings is 1. The van der Waals surface area contributed by atoms with Crippen molar-refractivity contribution in [1.29, 1.82) is 0 Å². The molecule has 1 aromatic carbocycles. The number of benzene rings is 1. The number of nitrogens with two attached hydrogens (primary N) is 1. The first-order chi connectivity index (χ1) is 12.6. The molecule has 0 amide bonds. The molecule has 0 aliphatic carbocycles. The Bertz CT molecular complexity index is 1110. The van der Waals surface area contributed by atoms with Crippen molar-refractivity contribution in [2.24, 2.45) is 0 Å². The smallest absolute Gasteiger partial charge is 0.177 e. The van der Waals surface area contributed by atoms with E-state index in [9.17, 15) is 0 Å². The van der Waals surface area contributed by atoms with Crippen molar-refractivity contribution < 1.29 is 0 Å². The van der Waals surface area contributed by atoms with Gasteiger partial charge in [-0.2, -0.15) is 0 Å². The van der Waals surface area contributed by atoms with Crippen molar-refractivity contribution in [2.75, 3.05) is 5.73 Å². The van der Waals surface area contributed by atoms with Gasteiger partial charge in [-0.1, -0.05) is 36.5 Å². The third-order valence-corrected chi connectivity index (χ3v) is 6.93. The highest BCUT2D eigenvalue weighted by Crippen LogP contribution is 2.40. The third-order valence-electron chi connectivity index (χ3n) is 3.87. The lowest BCUT2D eigenvalue weighted by Crippen LogP contribution is -2.01. The summed E-state index contributed by atoms with van der Waals surface area (Å²) >= 11 is 15.4. The fourth-order valence-electron chi connectivity index (χ4n) is 2.57. The molecule has 0 radical (unpaired) electrons. The number of anilines is 1. The molecule has 0 atom stereocenters. The van der Waals surface area contributed by atoms with Crippen LogP contribution in [0.15, 0.2) is 28.0 Å². The van der Waals surface area contributed by atoms with E-state index in [1.807, 2.05) is 6.07 Å². The number of unbranched alkanes of at least 4 members (excludes halogenated alkanes) is 1. The molecule has 4 rings (SSSR count). The van der Waals surface area contributed by atoms with Crippen molar-refractivity contribution in [3.05, 3.63) is 28.5 Å². The van der Waals surface area contributed by atoms with Gasteiger partial charge in [0.05, 0.1) is 20.3 Å². The third kappa shape index (κ3) is 3.11. The van der Waals surface area contributed by atoms with E-state index >= 15 is 0 Å². The van der Waals surface area contributed by atoms with Crippen LogP contribution < -0.4 is 5.73 Å². The van der Waals surface area contributed by atoms with Crippen LogP contribution in [0.3, 0.4) is 0 Å². The number of rotatable bonds is 5. The molecule has 0 unspecified atom stereocenters. The Kier molecular flexibility index (Phi) is 4.92. The molecule has 4 aromatic rings. The van der Waals surface area contributed by atoms with Gasteiger partial charge in [-0.25, -0.2) is 19.9 Å². The monoisotopic (exact) mass is 424 g/mol. The minimum atomic E-state index is 0.381. The van der Waals surface area contributed by atoms with E-state index in [4.69, 9.17) is 28.9 Å². The Hall–Kier alpha value is -1.61. The number of aryl methyl sites for hydroxylation is 1. The molecule has 3 aromatic heterocycles. The molecule has 0 aliphatic heterocycles. The molecule has 0 saturated carbocycles. The minimum Gasteiger partial charge on any atom is -0.382 e. The molecular weight excluding hydrogens is 411 g/mol. The zero-order valence-corrected chi connectivity index (χ0v) is 16.9. The highest BCUT2D eigenvalue weighted by molar-refractivity contribution is 8.01. The van der Waals surface area contributed by atoms with Gasteiger partial charge >= 0.3 is 0 Å². The van der Waals surface area contributed by atoms with Crippen LogP contribution in [-0.2, 0) is 6.54 Å². The fourth-order valence-corrected chi connectivity index (χ4v) is 5.16. The number of aromatic nitrogens is 5. The molecule has 0 saturated heterocycles. The Labute approximate surface area is 167 Å². The van der Waals surface area contributed by atoms with Gasteiger partial charge in [0.2, 0.25) is 0 Å². The molecule has 134 valence electrons. The standard InChI is InChI=1S/C16H14Cl2N6S2/c1-2-3-6-24-14-11(13(19)20-7-21-14)23-15(24)26-16-22-9-5-4-8(17)10(18)12(9)25-16/h4-5,7H,2-3,6H2,1H3,(H2,19,20,21). The summed E-state index contributed by atoms with van der Waals surface area (Å²) in [7, 11) is 0. The van der Waals surface area contributed by atoms with Gasteiger partial charge < -0.3 is 10.3 Å². The van der Waals surface area contributed by atoms with Gasteiger partial charge in [-0.05, 0) is 30.3 Å². The van der Waals surface area contributed by atoms with Gasteiger partial charge in [-0.15, -0.1) is 11.3 Å². The molecule has 10 heteroatoms. The molecule has 6 nitrogen and oxygen atoms in total. The van der Waals surface area contributed by atoms with Crippen LogP contribution in [-0.4, -0.2) is 24.5 Å². The van der Waals surface area contributed by atoms with E-state index in [1.165, 1.54) is 29.4 Å². The van der Waals surface area contributed by atoms with Crippen LogP contribution in [0.5, 0.6) is 0 Å². The molecule has 0 aliphatic rings. The van der Waals surface area contributed by atoms with E-state index in [-0.39, 0.29) is 0 Å². The number of nitrogen functional groups attached to an aromatic ring is 1. The van der Waals surface area contributed by atoms with Crippen LogP contribution in [0.25, 0.3) is 21.4 Å². The zero-order chi connectivity index (χ0) is 18.3. The van der Waals surface area contributed by atoms with Crippen molar-refractivity contribution >= 4 is 73.5 Å². The maximum Gasteiger partial charge on any atom is 0.177 e. The summed E-state index contributed by atoms with van der Waals surface area (Å²) in [5.41, 5.74) is 8.16. The lowest BCUT2D eigenvalue weighted by Gasteiger charge is -2.05. The highest BCUT2D eigenvalue weighted by Gasteiger charge is 2.18. The van der Waals surface area contributed by atoms with Crippen LogP contribution in [0.4, 0.5) is 5.82 Å². The van der Waals surface area contributed by atoms with Gasteiger partial charge in [0, 0.05) is 6.54 Å². The van der Waals surface area contributed by atoms with E-state index < -0.39 is 0 Å². The van der Waals surface area contributed by atoms with Crippen molar-refractivity contribution in [3.8, 4) is 0 Å². The average molecular weight is 425 g/mol. The Balaban J connectivity index is 1.79. The minimum absolute atomic E-state index is 0.381. The van der Waals surface area contributed by atoms with Crippen LogP contribution in [0.1, 0.15) is 19.8 Å². The van der Waals surface area contributed by atoms with Crippen molar-refractivity contribution in [2.45, 2.75) is 35.8 Å². The Morgan fingerprint density at radius 2 is 2.08 bits per heavy atom. The number of hydrogen-bond donors (Lipinski definition) is 1. The number of fused-ring (bicyclic) bond motifs is 2. The number of thiazole rings is 1. The lowest BCUT2D eigenvalue weighted by molar-refractivity contribution is 0.598. The second kappa shape index (κ2) is 7.19. The van der Waals surface area contributed by atoms with Gasteiger partial charge in [0.1, 0.15) is 6.33 Å². The summed E-state index contributed by atoms with van der Waals surface area (Å²) in [5.74, 6) is 0.381. The maximum absolute atomic E-state index is 6.30. The normalized spacial score (nSPS) is 11.7. The van der Waals surface area contributed by atoms with Gasteiger partial charge in [-0.3, -0.25) is 0 Å². The second-order valence-electron chi connectivity index (χ2n) is 5.62. The summed E-state index contributed by atoms with van der Waals surface area (Å²) in [6, 6.07) is 3.63. The first kappa shape index (κ1) is 17.8. The maximum atomic E-state index is 6.30. The molecule has 0 bridgehead atoms. The van der Waals surface area contributed by atoms with Crippen LogP contribution in [0.2, 0.25) is 10.0 Å². The average Bonchev–Trinajstić information content (AvgIpc) is 3.19. The van der Waals surface area contributed by atoms with E-state index in [2.05, 4.69) is 31.4 Å². The quantitative estimate of drug-likeness (QED) is 0.469. The first-order valence-electron chi connectivity index (χ1n) is 7.97. The predicted molar refractivity (Wildman–Crippen MR) is 108 cm³/mol. The molecule has 2 N–H and O–H groups in total. The van der Waals surface area contributed by atoms with Crippen molar-refractivity contribution in [1.82, 2.24) is 24.5 Å². The SMILES string of the molecule is CCCCn1c(Sc2nc3ccc(Cl)c(Cl)c3s2)nc2c(N)ncnc21. The molecular formula is C16H14Cl2N6S2. The summed E-state index contributed by atoms with van der Waals surface area (Å²) in [6.45, 7) is 2.96. The molecule has 26 heavy (non-hydrogen) atoms. The lowest BCUT2D eigenvalue weighted by atomic mass is 10.3.